The number of Topliss-reactive ketones (excluding diaryl/α,β-unsaturated/α-hetero) is 1. The van der Waals surface area contributed by atoms with Gasteiger partial charge in [-0.2, -0.15) is 0 Å². The fourth-order valence-corrected chi connectivity index (χ4v) is 4.56. The second kappa shape index (κ2) is 6.66. The third-order valence-electron chi connectivity index (χ3n) is 4.39. The second-order valence-electron chi connectivity index (χ2n) is 6.16. The van der Waals surface area contributed by atoms with Crippen LogP contribution in [-0.4, -0.2) is 39.4 Å². The molecule has 7 heteroatoms. The fourth-order valence-electron chi connectivity index (χ4n) is 3.23. The van der Waals surface area contributed by atoms with E-state index >= 15 is 0 Å². The molecule has 1 aromatic carbocycles. The topological polar surface area (TPSA) is 88.3 Å². The number of sulfonamides is 1. The number of aromatic nitrogens is 1. The lowest BCUT2D eigenvalue weighted by molar-refractivity contribution is 0.0974. The molecule has 1 aliphatic carbocycles. The highest BCUT2D eigenvalue weighted by Gasteiger charge is 2.25. The maximum absolute atomic E-state index is 12.5. The molecule has 0 fully saturated rings. The largest absolute Gasteiger partial charge is 0.385 e. The van der Waals surface area contributed by atoms with Gasteiger partial charge in [-0.05, 0) is 43.9 Å². The summed E-state index contributed by atoms with van der Waals surface area (Å²) in [7, 11) is -2.00. The molecule has 130 valence electrons. The molecular formula is C17H22N2O4S. The number of rotatable bonds is 6. The van der Waals surface area contributed by atoms with Crippen molar-refractivity contribution in [3.8, 4) is 0 Å². The first-order chi connectivity index (χ1) is 11.4. The van der Waals surface area contributed by atoms with Crippen LogP contribution < -0.4 is 4.72 Å². The number of H-pyrrole nitrogens is 1. The molecule has 3 rings (SSSR count). The normalized spacial score (nSPS) is 15.0. The minimum absolute atomic E-state index is 0.134. The number of carbonyl (C=O) groups excluding carboxylic acids is 1. The Hall–Kier alpha value is -1.70. The summed E-state index contributed by atoms with van der Waals surface area (Å²) in [6, 6.07) is 3.44. The van der Waals surface area contributed by atoms with Crippen LogP contribution in [0.4, 0.5) is 0 Å². The van der Waals surface area contributed by atoms with E-state index in [-0.39, 0.29) is 10.7 Å². The van der Waals surface area contributed by atoms with E-state index in [1.54, 1.807) is 26.2 Å². The van der Waals surface area contributed by atoms with E-state index in [0.29, 0.717) is 37.1 Å². The quantitative estimate of drug-likeness (QED) is 0.783. The number of carbonyl (C=O) groups is 1. The summed E-state index contributed by atoms with van der Waals surface area (Å²) in [6.45, 7) is 2.59. The number of aryl methyl sites for hydroxylation is 2. The van der Waals surface area contributed by atoms with Gasteiger partial charge in [-0.25, -0.2) is 13.1 Å². The Bertz CT molecular complexity index is 884. The first-order valence-electron chi connectivity index (χ1n) is 8.11. The Labute approximate surface area is 141 Å². The minimum Gasteiger partial charge on any atom is -0.385 e. The molecule has 2 aromatic rings. The number of ketones is 1. The molecule has 24 heavy (non-hydrogen) atoms. The van der Waals surface area contributed by atoms with Crippen molar-refractivity contribution in [2.45, 2.75) is 37.5 Å². The molecule has 1 heterocycles. The molecule has 0 amide bonds. The molecule has 6 nitrogen and oxygen atoms in total. The minimum atomic E-state index is -3.59. The zero-order valence-electron chi connectivity index (χ0n) is 13.9. The zero-order chi connectivity index (χ0) is 17.3. The van der Waals surface area contributed by atoms with Gasteiger partial charge in [0.05, 0.1) is 4.90 Å². The van der Waals surface area contributed by atoms with Crippen molar-refractivity contribution in [1.29, 1.82) is 0 Å². The molecule has 0 saturated heterocycles. The van der Waals surface area contributed by atoms with Crippen molar-refractivity contribution in [2.75, 3.05) is 20.3 Å². The van der Waals surface area contributed by atoms with Gasteiger partial charge in [-0.1, -0.05) is 0 Å². The molecular weight excluding hydrogens is 328 g/mol. The van der Waals surface area contributed by atoms with Gasteiger partial charge in [0.15, 0.2) is 5.78 Å². The van der Waals surface area contributed by atoms with Gasteiger partial charge >= 0.3 is 0 Å². The zero-order valence-corrected chi connectivity index (χ0v) is 14.8. The second-order valence-corrected chi connectivity index (χ2v) is 7.90. The maximum atomic E-state index is 12.5. The van der Waals surface area contributed by atoms with Gasteiger partial charge in [-0.3, -0.25) is 4.79 Å². The van der Waals surface area contributed by atoms with E-state index in [9.17, 15) is 13.2 Å². The van der Waals surface area contributed by atoms with Gasteiger partial charge < -0.3 is 9.72 Å². The van der Waals surface area contributed by atoms with Gasteiger partial charge in [0.2, 0.25) is 10.0 Å². The van der Waals surface area contributed by atoms with Gasteiger partial charge in [0.25, 0.3) is 0 Å². The lowest BCUT2D eigenvalue weighted by atomic mass is 9.94. The Balaban J connectivity index is 1.98. The fraction of sp³-hybridized carbons (Fsp3) is 0.471. The van der Waals surface area contributed by atoms with Crippen LogP contribution in [0.5, 0.6) is 0 Å². The summed E-state index contributed by atoms with van der Waals surface area (Å²) in [5.41, 5.74) is 3.00. The third-order valence-corrected chi connectivity index (χ3v) is 5.99. The molecule has 2 N–H and O–H groups in total. The van der Waals surface area contributed by atoms with Crippen molar-refractivity contribution in [3.63, 3.8) is 0 Å². The maximum Gasteiger partial charge on any atom is 0.240 e. The Morgan fingerprint density at radius 3 is 2.83 bits per heavy atom. The van der Waals surface area contributed by atoms with Crippen LogP contribution in [0.25, 0.3) is 10.9 Å². The van der Waals surface area contributed by atoms with Crippen LogP contribution >= 0.6 is 0 Å². The molecule has 1 aromatic heterocycles. The summed E-state index contributed by atoms with van der Waals surface area (Å²) in [5, 5.41) is 0.825. The molecule has 0 spiro atoms. The van der Waals surface area contributed by atoms with E-state index in [0.717, 1.165) is 29.5 Å². The third kappa shape index (κ3) is 3.11. The standard InChI is InChI=1S/C17H22N2O4S/c1-11-9-12-14(19-13-5-3-6-15(20)17(12)13)10-16(11)24(21,22)18-7-4-8-23-2/h9-10,18-19H,3-8H2,1-2H3. The van der Waals surface area contributed by atoms with Crippen LogP contribution in [0.1, 0.15) is 40.9 Å². The number of methoxy groups -OCH3 is 1. The van der Waals surface area contributed by atoms with E-state index in [2.05, 4.69) is 9.71 Å². The smallest absolute Gasteiger partial charge is 0.240 e. The number of fused-ring (bicyclic) bond motifs is 3. The molecule has 0 radical (unpaired) electrons. The Kier molecular flexibility index (Phi) is 4.76. The van der Waals surface area contributed by atoms with Crippen molar-refractivity contribution >= 4 is 26.7 Å². The number of hydrogen-bond acceptors (Lipinski definition) is 4. The number of aromatic amines is 1. The first-order valence-corrected chi connectivity index (χ1v) is 9.59. The molecule has 0 unspecified atom stereocenters. The molecule has 1 aliphatic rings. The predicted molar refractivity (Wildman–Crippen MR) is 92.0 cm³/mol. The van der Waals surface area contributed by atoms with Crippen molar-refractivity contribution in [1.82, 2.24) is 9.71 Å². The number of hydrogen-bond donors (Lipinski definition) is 2. The van der Waals surface area contributed by atoms with Crippen LogP contribution in [-0.2, 0) is 21.2 Å². The van der Waals surface area contributed by atoms with Crippen LogP contribution in [0.3, 0.4) is 0 Å². The number of ether oxygens (including phenoxy) is 1. The molecule has 0 saturated carbocycles. The molecule has 0 atom stereocenters. The van der Waals surface area contributed by atoms with Crippen LogP contribution in [0.2, 0.25) is 0 Å². The highest BCUT2D eigenvalue weighted by atomic mass is 32.2. The lowest BCUT2D eigenvalue weighted by Crippen LogP contribution is -2.26. The predicted octanol–water partition coefficient (Wildman–Crippen LogP) is 2.31. The highest BCUT2D eigenvalue weighted by Crippen LogP contribution is 2.32. The monoisotopic (exact) mass is 350 g/mol. The van der Waals surface area contributed by atoms with Crippen LogP contribution in [0, 0.1) is 6.92 Å². The summed E-state index contributed by atoms with van der Waals surface area (Å²) < 4.78 is 32.6. The molecule has 0 aliphatic heterocycles. The summed E-state index contributed by atoms with van der Waals surface area (Å²) >= 11 is 0. The van der Waals surface area contributed by atoms with E-state index in [1.165, 1.54) is 0 Å². The summed E-state index contributed by atoms with van der Waals surface area (Å²) in [6.07, 6.45) is 2.83. The lowest BCUT2D eigenvalue weighted by Gasteiger charge is -2.11. The SMILES string of the molecule is COCCCNS(=O)(=O)c1cc2[nH]c3c(c2cc1C)C(=O)CCC3. The average molecular weight is 350 g/mol. The van der Waals surface area contributed by atoms with Crippen molar-refractivity contribution in [3.05, 3.63) is 29.0 Å². The first kappa shape index (κ1) is 17.1. The van der Waals surface area contributed by atoms with E-state index in [1.807, 2.05) is 0 Å². The van der Waals surface area contributed by atoms with Crippen molar-refractivity contribution < 1.29 is 17.9 Å². The van der Waals surface area contributed by atoms with E-state index < -0.39 is 10.0 Å². The van der Waals surface area contributed by atoms with Crippen LogP contribution in [0.15, 0.2) is 17.0 Å². The van der Waals surface area contributed by atoms with Gasteiger partial charge in [0.1, 0.15) is 0 Å². The average Bonchev–Trinajstić information content (AvgIpc) is 2.89. The van der Waals surface area contributed by atoms with E-state index in [4.69, 9.17) is 4.74 Å². The number of benzene rings is 1. The highest BCUT2D eigenvalue weighted by molar-refractivity contribution is 7.89. The summed E-state index contributed by atoms with van der Waals surface area (Å²) in [4.78, 5) is 15.7. The Morgan fingerprint density at radius 1 is 1.29 bits per heavy atom. The van der Waals surface area contributed by atoms with Crippen molar-refractivity contribution in [2.24, 2.45) is 0 Å². The summed E-state index contributed by atoms with van der Waals surface area (Å²) in [5.74, 6) is 0.134. The number of nitrogens with one attached hydrogen (secondary N) is 2. The Morgan fingerprint density at radius 2 is 2.08 bits per heavy atom. The van der Waals surface area contributed by atoms with Gasteiger partial charge in [-0.15, -0.1) is 0 Å². The molecule has 0 bridgehead atoms. The van der Waals surface area contributed by atoms with Gasteiger partial charge in [0, 0.05) is 48.8 Å².